The van der Waals surface area contributed by atoms with Crippen LogP contribution in [0.5, 0.6) is 0 Å². The van der Waals surface area contributed by atoms with Gasteiger partial charge >= 0.3 is 0 Å². The second kappa shape index (κ2) is 5.44. The van der Waals surface area contributed by atoms with E-state index in [4.69, 9.17) is 5.73 Å². The third-order valence-electron chi connectivity index (χ3n) is 2.97. The van der Waals surface area contributed by atoms with E-state index in [2.05, 4.69) is 10.3 Å². The number of carbonyl (C=O) groups excluding carboxylic acids is 2. The maximum atomic E-state index is 11.7. The van der Waals surface area contributed by atoms with Gasteiger partial charge in [0.1, 0.15) is 0 Å². The topological polar surface area (TPSA) is 84.5 Å². The van der Waals surface area contributed by atoms with Crippen LogP contribution in [0.1, 0.15) is 29.6 Å². The van der Waals surface area contributed by atoms with E-state index in [1.807, 2.05) is 6.07 Å². The molecule has 1 fully saturated rings. The van der Waals surface area contributed by atoms with E-state index in [-0.39, 0.29) is 17.8 Å². The normalized spacial score (nSPS) is 15.9. The Balaban J connectivity index is 1.95. The summed E-state index contributed by atoms with van der Waals surface area (Å²) in [6.45, 7) is 0. The van der Waals surface area contributed by atoms with Crippen LogP contribution in [-0.4, -0.2) is 17.8 Å². The van der Waals surface area contributed by atoms with Crippen molar-refractivity contribution in [2.45, 2.75) is 19.3 Å². The summed E-state index contributed by atoms with van der Waals surface area (Å²) in [5.74, 6) is -0.725. The summed E-state index contributed by atoms with van der Waals surface area (Å²) in [6.07, 6.45) is 2.83. The third kappa shape index (κ3) is 2.94. The molecule has 1 aliphatic rings. The van der Waals surface area contributed by atoms with E-state index in [1.54, 1.807) is 24.3 Å². The van der Waals surface area contributed by atoms with E-state index in [0.29, 0.717) is 5.56 Å². The van der Waals surface area contributed by atoms with Crippen LogP contribution in [0.3, 0.4) is 0 Å². The average molecular weight is 245 g/mol. The zero-order valence-electron chi connectivity index (χ0n) is 9.93. The van der Waals surface area contributed by atoms with Crippen molar-refractivity contribution >= 4 is 17.8 Å². The zero-order chi connectivity index (χ0) is 13.0. The Bertz CT molecular complexity index is 478. The monoisotopic (exact) mass is 245 g/mol. The lowest BCUT2D eigenvalue weighted by Gasteiger charge is -2.23. The van der Waals surface area contributed by atoms with E-state index in [1.165, 1.54) is 0 Å². The Morgan fingerprint density at radius 2 is 1.89 bits per heavy atom. The number of nitrogens with zero attached hydrogens (tertiary/aromatic N) is 1. The summed E-state index contributed by atoms with van der Waals surface area (Å²) in [6, 6.07) is 8.58. The highest BCUT2D eigenvalue weighted by Gasteiger charge is 2.25. The molecule has 1 aromatic carbocycles. The number of carbonyl (C=O) groups is 2. The minimum atomic E-state index is -0.456. The van der Waals surface area contributed by atoms with E-state index < -0.39 is 5.91 Å². The van der Waals surface area contributed by atoms with Crippen molar-refractivity contribution in [2.24, 2.45) is 16.6 Å². The maximum Gasteiger partial charge on any atom is 0.280 e. The van der Waals surface area contributed by atoms with Crippen molar-refractivity contribution in [1.29, 1.82) is 0 Å². The molecule has 0 saturated heterocycles. The van der Waals surface area contributed by atoms with Gasteiger partial charge in [-0.3, -0.25) is 14.9 Å². The largest absolute Gasteiger partial charge is 0.369 e. The summed E-state index contributed by atoms with van der Waals surface area (Å²) in [7, 11) is 0. The summed E-state index contributed by atoms with van der Waals surface area (Å²) in [5, 5.41) is 2.45. The van der Waals surface area contributed by atoms with Gasteiger partial charge in [-0.15, -0.1) is 0 Å². The highest BCUT2D eigenvalue weighted by molar-refractivity contribution is 6.06. The minimum absolute atomic E-state index is 0.0191. The van der Waals surface area contributed by atoms with Crippen molar-refractivity contribution in [3.05, 3.63) is 35.9 Å². The Hall–Kier alpha value is -2.17. The van der Waals surface area contributed by atoms with Crippen molar-refractivity contribution < 1.29 is 9.59 Å². The molecule has 2 rings (SSSR count). The molecule has 0 heterocycles. The molecule has 0 bridgehead atoms. The van der Waals surface area contributed by atoms with Crippen LogP contribution in [0.25, 0.3) is 0 Å². The first-order valence-corrected chi connectivity index (χ1v) is 5.91. The van der Waals surface area contributed by atoms with Gasteiger partial charge in [0.05, 0.1) is 0 Å². The van der Waals surface area contributed by atoms with Gasteiger partial charge in [-0.25, -0.2) is 0 Å². The molecule has 1 aromatic rings. The number of rotatable bonds is 2. The van der Waals surface area contributed by atoms with Gasteiger partial charge in [0.25, 0.3) is 5.91 Å². The second-order valence-corrected chi connectivity index (χ2v) is 4.29. The van der Waals surface area contributed by atoms with Gasteiger partial charge in [-0.05, 0) is 25.0 Å². The number of aliphatic imine (C=N–C) groups is 1. The molecule has 0 radical (unpaired) electrons. The number of hydrogen-bond donors (Lipinski definition) is 2. The number of nitrogens with one attached hydrogen (secondary N) is 1. The quantitative estimate of drug-likeness (QED) is 0.603. The molecular weight excluding hydrogens is 230 g/mol. The Morgan fingerprint density at radius 3 is 2.44 bits per heavy atom. The molecule has 0 spiro atoms. The summed E-state index contributed by atoms with van der Waals surface area (Å²) >= 11 is 0. The van der Waals surface area contributed by atoms with Gasteiger partial charge in [0, 0.05) is 11.5 Å². The minimum Gasteiger partial charge on any atom is -0.369 e. The molecule has 0 aromatic heterocycles. The fraction of sp³-hybridized carbons (Fsp3) is 0.308. The lowest BCUT2D eigenvalue weighted by Crippen LogP contribution is -2.42. The summed E-state index contributed by atoms with van der Waals surface area (Å²) < 4.78 is 0. The molecule has 5 heteroatoms. The smallest absolute Gasteiger partial charge is 0.280 e. The SMILES string of the molecule is NC(=NC(=O)c1ccccc1)NC(=O)C1CCC1. The predicted octanol–water partition coefficient (Wildman–Crippen LogP) is 1.06. The van der Waals surface area contributed by atoms with Crippen molar-refractivity contribution in [3.63, 3.8) is 0 Å². The standard InChI is InChI=1S/C13H15N3O2/c14-13(16-12(18)10-7-4-8-10)15-11(17)9-5-2-1-3-6-9/h1-3,5-6,10H,4,7-8H2,(H3,14,15,16,17,18). The Labute approximate surface area is 105 Å². The van der Waals surface area contributed by atoms with E-state index in [9.17, 15) is 9.59 Å². The fourth-order valence-electron chi connectivity index (χ4n) is 1.68. The van der Waals surface area contributed by atoms with Gasteiger partial charge in [0.2, 0.25) is 11.9 Å². The third-order valence-corrected chi connectivity index (χ3v) is 2.97. The molecule has 18 heavy (non-hydrogen) atoms. The molecule has 94 valence electrons. The van der Waals surface area contributed by atoms with Crippen molar-refractivity contribution in [1.82, 2.24) is 5.32 Å². The van der Waals surface area contributed by atoms with Crippen LogP contribution < -0.4 is 11.1 Å². The predicted molar refractivity (Wildman–Crippen MR) is 67.9 cm³/mol. The van der Waals surface area contributed by atoms with Crippen LogP contribution in [-0.2, 0) is 4.79 Å². The number of amides is 2. The van der Waals surface area contributed by atoms with Gasteiger partial charge in [-0.2, -0.15) is 4.99 Å². The average Bonchev–Trinajstić information content (AvgIpc) is 2.27. The molecule has 1 aliphatic carbocycles. The highest BCUT2D eigenvalue weighted by Crippen LogP contribution is 2.25. The lowest BCUT2D eigenvalue weighted by atomic mass is 9.85. The highest BCUT2D eigenvalue weighted by atomic mass is 16.2. The molecule has 3 N–H and O–H groups in total. The maximum absolute atomic E-state index is 11.7. The van der Waals surface area contributed by atoms with Gasteiger partial charge < -0.3 is 5.73 Å². The van der Waals surface area contributed by atoms with Crippen LogP contribution >= 0.6 is 0 Å². The number of guanidine groups is 1. The molecule has 0 aliphatic heterocycles. The molecule has 5 nitrogen and oxygen atoms in total. The summed E-state index contributed by atoms with van der Waals surface area (Å²) in [5.41, 5.74) is 5.97. The van der Waals surface area contributed by atoms with Crippen LogP contribution in [0, 0.1) is 5.92 Å². The van der Waals surface area contributed by atoms with Crippen LogP contribution in [0.4, 0.5) is 0 Å². The summed E-state index contributed by atoms with van der Waals surface area (Å²) in [4.78, 5) is 26.9. The molecule has 2 amide bonds. The van der Waals surface area contributed by atoms with Gasteiger partial charge in [0.15, 0.2) is 0 Å². The van der Waals surface area contributed by atoms with E-state index >= 15 is 0 Å². The number of benzene rings is 1. The number of nitrogens with two attached hydrogens (primary N) is 1. The lowest BCUT2D eigenvalue weighted by molar-refractivity contribution is -0.125. The first kappa shape index (κ1) is 12.3. The Kier molecular flexibility index (Phi) is 3.72. The van der Waals surface area contributed by atoms with Crippen molar-refractivity contribution in [2.75, 3.05) is 0 Å². The van der Waals surface area contributed by atoms with Gasteiger partial charge in [-0.1, -0.05) is 24.6 Å². The molecule has 0 atom stereocenters. The van der Waals surface area contributed by atoms with Crippen LogP contribution in [0.2, 0.25) is 0 Å². The second-order valence-electron chi connectivity index (χ2n) is 4.29. The molecular formula is C13H15N3O2. The first-order chi connectivity index (χ1) is 8.66. The molecule has 1 saturated carbocycles. The first-order valence-electron chi connectivity index (χ1n) is 5.91. The van der Waals surface area contributed by atoms with E-state index in [0.717, 1.165) is 19.3 Å². The van der Waals surface area contributed by atoms with Crippen LogP contribution in [0.15, 0.2) is 35.3 Å². The fourth-order valence-corrected chi connectivity index (χ4v) is 1.68. The number of hydrogen-bond acceptors (Lipinski definition) is 2. The zero-order valence-corrected chi connectivity index (χ0v) is 9.93. The molecule has 0 unspecified atom stereocenters. The Morgan fingerprint density at radius 1 is 1.22 bits per heavy atom. The van der Waals surface area contributed by atoms with Crippen molar-refractivity contribution in [3.8, 4) is 0 Å².